The molecule has 0 saturated carbocycles. The summed E-state index contributed by atoms with van der Waals surface area (Å²) in [7, 11) is -4.63. The maximum Gasteiger partial charge on any atom is 0.295 e. The lowest BCUT2D eigenvalue weighted by molar-refractivity contribution is -0.385. The number of nitrogens with zero attached hydrogens (tertiary/aromatic N) is 1. The zero-order valence-electron chi connectivity index (χ0n) is 14.4. The third-order valence-electron chi connectivity index (χ3n) is 4.10. The molecule has 0 heterocycles. The minimum atomic E-state index is -4.63. The number of amides is 1. The molecule has 0 aliphatic carbocycles. The van der Waals surface area contributed by atoms with E-state index in [4.69, 9.17) is 0 Å². The van der Waals surface area contributed by atoms with E-state index in [0.29, 0.717) is 10.9 Å². The average Bonchev–Trinajstić information content (AvgIpc) is 2.62. The zero-order valence-corrected chi connectivity index (χ0v) is 15.2. The van der Waals surface area contributed by atoms with Crippen molar-refractivity contribution in [2.45, 2.75) is 11.8 Å². The molecule has 0 fully saturated rings. The standard InChI is InChI=1S/C18H14N2O7S/c1-10-5-7-12(14(9-10)20(23)24)18(22)19-13-8-6-11-3-2-4-15(28(25,26)27)16(11)17(13)21/h2-9,21H,1H3,(H,19,22)(H,25,26,27). The molecule has 0 aromatic heterocycles. The molecule has 0 bridgehead atoms. The average molecular weight is 402 g/mol. The van der Waals surface area contributed by atoms with Crippen LogP contribution in [0.4, 0.5) is 11.4 Å². The summed E-state index contributed by atoms with van der Waals surface area (Å²) in [5.41, 5.74) is -0.201. The largest absolute Gasteiger partial charge is 0.505 e. The van der Waals surface area contributed by atoms with Crippen molar-refractivity contribution in [3.63, 3.8) is 0 Å². The van der Waals surface area contributed by atoms with Crippen LogP contribution >= 0.6 is 0 Å². The Balaban J connectivity index is 2.10. The number of hydrogen-bond acceptors (Lipinski definition) is 6. The van der Waals surface area contributed by atoms with Crippen LogP contribution in [0.2, 0.25) is 0 Å². The third-order valence-corrected chi connectivity index (χ3v) is 5.00. The number of anilines is 1. The fourth-order valence-electron chi connectivity index (χ4n) is 2.82. The zero-order chi connectivity index (χ0) is 20.6. The first-order valence-electron chi connectivity index (χ1n) is 7.88. The minimum Gasteiger partial charge on any atom is -0.505 e. The molecule has 0 unspecified atom stereocenters. The van der Waals surface area contributed by atoms with Gasteiger partial charge in [-0.3, -0.25) is 19.5 Å². The number of nitrogens with one attached hydrogen (secondary N) is 1. The van der Waals surface area contributed by atoms with Gasteiger partial charge in [-0.1, -0.05) is 24.3 Å². The van der Waals surface area contributed by atoms with E-state index in [9.17, 15) is 33.0 Å². The topological polar surface area (TPSA) is 147 Å². The SMILES string of the molecule is Cc1ccc(C(=O)Nc2ccc3cccc(S(=O)(=O)O)c3c2O)c([N+](=O)[O-])c1. The van der Waals surface area contributed by atoms with E-state index >= 15 is 0 Å². The summed E-state index contributed by atoms with van der Waals surface area (Å²) in [6.45, 7) is 1.64. The lowest BCUT2D eigenvalue weighted by Crippen LogP contribution is -2.14. The Kier molecular flexibility index (Phi) is 4.75. The number of nitro benzene ring substituents is 1. The maximum absolute atomic E-state index is 12.5. The van der Waals surface area contributed by atoms with Crippen molar-refractivity contribution < 1.29 is 27.8 Å². The van der Waals surface area contributed by atoms with Crippen molar-refractivity contribution >= 4 is 38.2 Å². The molecule has 3 N–H and O–H groups in total. The van der Waals surface area contributed by atoms with Crippen molar-refractivity contribution in [2.24, 2.45) is 0 Å². The molecule has 28 heavy (non-hydrogen) atoms. The molecule has 1 amide bonds. The molecular formula is C18H14N2O7S. The van der Waals surface area contributed by atoms with E-state index in [1.165, 1.54) is 42.5 Å². The third kappa shape index (κ3) is 3.50. The van der Waals surface area contributed by atoms with Gasteiger partial charge in [0.25, 0.3) is 21.7 Å². The van der Waals surface area contributed by atoms with Crippen LogP contribution in [-0.2, 0) is 10.1 Å². The molecule has 0 saturated heterocycles. The summed E-state index contributed by atoms with van der Waals surface area (Å²) < 4.78 is 32.6. The van der Waals surface area contributed by atoms with Gasteiger partial charge in [0.1, 0.15) is 16.2 Å². The number of phenols is 1. The van der Waals surface area contributed by atoms with Crippen LogP contribution in [0.15, 0.2) is 53.4 Å². The highest BCUT2D eigenvalue weighted by molar-refractivity contribution is 7.86. The minimum absolute atomic E-state index is 0.163. The molecule has 3 aromatic rings. The summed E-state index contributed by atoms with van der Waals surface area (Å²) in [6, 6.07) is 10.8. The number of phenolic OH excluding ortho intramolecular Hbond substituents is 1. The summed E-state index contributed by atoms with van der Waals surface area (Å²) >= 11 is 0. The second-order valence-corrected chi connectivity index (χ2v) is 7.41. The van der Waals surface area contributed by atoms with Crippen molar-refractivity contribution in [1.82, 2.24) is 0 Å². The van der Waals surface area contributed by atoms with Crippen LogP contribution in [0.25, 0.3) is 10.8 Å². The Labute approximate surface area is 159 Å². The highest BCUT2D eigenvalue weighted by Gasteiger charge is 2.23. The number of aryl methyl sites for hydroxylation is 1. The summed E-state index contributed by atoms with van der Waals surface area (Å²) in [5.74, 6) is -1.44. The van der Waals surface area contributed by atoms with Gasteiger partial charge in [-0.15, -0.1) is 0 Å². The van der Waals surface area contributed by atoms with Gasteiger partial charge < -0.3 is 10.4 Å². The number of aromatic hydroxyl groups is 1. The van der Waals surface area contributed by atoms with Gasteiger partial charge in [0, 0.05) is 11.5 Å². The second kappa shape index (κ2) is 6.91. The molecular weight excluding hydrogens is 388 g/mol. The van der Waals surface area contributed by atoms with Crippen molar-refractivity contribution in [3.8, 4) is 5.75 Å². The van der Waals surface area contributed by atoms with E-state index in [2.05, 4.69) is 5.32 Å². The molecule has 0 atom stereocenters. The van der Waals surface area contributed by atoms with Crippen molar-refractivity contribution in [2.75, 3.05) is 5.32 Å². The van der Waals surface area contributed by atoms with E-state index < -0.39 is 37.3 Å². The maximum atomic E-state index is 12.5. The van der Waals surface area contributed by atoms with Gasteiger partial charge in [0.2, 0.25) is 0 Å². The first-order chi connectivity index (χ1) is 13.1. The summed E-state index contributed by atoms with van der Waals surface area (Å²) in [6.07, 6.45) is 0. The van der Waals surface area contributed by atoms with E-state index in [1.807, 2.05) is 0 Å². The number of benzene rings is 3. The van der Waals surface area contributed by atoms with E-state index in [1.54, 1.807) is 6.92 Å². The predicted octanol–water partition coefficient (Wildman–Crippen LogP) is 3.26. The predicted molar refractivity (Wildman–Crippen MR) is 101 cm³/mol. The number of rotatable bonds is 4. The molecule has 10 heteroatoms. The van der Waals surface area contributed by atoms with Gasteiger partial charge >= 0.3 is 0 Å². The molecule has 9 nitrogen and oxygen atoms in total. The Bertz CT molecular complexity index is 1240. The van der Waals surface area contributed by atoms with Gasteiger partial charge in [0.15, 0.2) is 0 Å². The lowest BCUT2D eigenvalue weighted by atomic mass is 10.1. The highest BCUT2D eigenvalue weighted by Crippen LogP contribution is 2.37. The quantitative estimate of drug-likeness (QED) is 0.263. The van der Waals surface area contributed by atoms with Crippen molar-refractivity contribution in [3.05, 3.63) is 69.8 Å². The van der Waals surface area contributed by atoms with Crippen LogP contribution in [0.5, 0.6) is 5.75 Å². The number of carbonyl (C=O) groups is 1. The number of nitro groups is 1. The van der Waals surface area contributed by atoms with Crippen LogP contribution in [0, 0.1) is 17.0 Å². The molecule has 0 spiro atoms. The molecule has 0 aliphatic heterocycles. The first kappa shape index (κ1) is 19.3. The Morgan fingerprint density at radius 2 is 1.86 bits per heavy atom. The lowest BCUT2D eigenvalue weighted by Gasteiger charge is -2.12. The normalized spacial score (nSPS) is 11.4. The van der Waals surface area contributed by atoms with Crippen LogP contribution in [-0.4, -0.2) is 28.9 Å². The van der Waals surface area contributed by atoms with Gasteiger partial charge in [-0.2, -0.15) is 8.42 Å². The molecule has 0 aliphatic rings. The van der Waals surface area contributed by atoms with E-state index in [0.717, 1.165) is 6.07 Å². The monoisotopic (exact) mass is 402 g/mol. The van der Waals surface area contributed by atoms with Crippen LogP contribution in [0.3, 0.4) is 0 Å². The molecule has 3 rings (SSSR count). The van der Waals surface area contributed by atoms with Gasteiger partial charge in [-0.05, 0) is 36.1 Å². The molecule has 144 valence electrons. The van der Waals surface area contributed by atoms with Crippen LogP contribution < -0.4 is 5.32 Å². The number of fused-ring (bicyclic) bond motifs is 1. The van der Waals surface area contributed by atoms with Gasteiger partial charge in [-0.25, -0.2) is 0 Å². The fourth-order valence-corrected chi connectivity index (χ4v) is 3.54. The highest BCUT2D eigenvalue weighted by atomic mass is 32.2. The summed E-state index contributed by atoms with van der Waals surface area (Å²) in [4.78, 5) is 22.5. The van der Waals surface area contributed by atoms with Gasteiger partial charge in [0.05, 0.1) is 10.6 Å². The fraction of sp³-hybridized carbons (Fsp3) is 0.0556. The Morgan fingerprint density at radius 1 is 1.14 bits per heavy atom. The van der Waals surface area contributed by atoms with E-state index in [-0.39, 0.29) is 16.6 Å². The number of hydrogen-bond donors (Lipinski definition) is 3. The Morgan fingerprint density at radius 3 is 2.50 bits per heavy atom. The smallest absolute Gasteiger partial charge is 0.295 e. The Hall–Kier alpha value is -3.50. The van der Waals surface area contributed by atoms with Crippen LogP contribution in [0.1, 0.15) is 15.9 Å². The molecule has 0 radical (unpaired) electrons. The molecule has 3 aromatic carbocycles. The van der Waals surface area contributed by atoms with Crippen molar-refractivity contribution in [1.29, 1.82) is 0 Å². The summed E-state index contributed by atoms with van der Waals surface area (Å²) in [5, 5.41) is 24.2. The number of carbonyl (C=O) groups excluding carboxylic acids is 1. The first-order valence-corrected chi connectivity index (χ1v) is 9.32. The second-order valence-electron chi connectivity index (χ2n) is 6.02.